The third-order valence-electron chi connectivity index (χ3n) is 4.15. The molecular formula is C18H16ClN3O5S2. The van der Waals surface area contributed by atoms with Gasteiger partial charge < -0.3 is 4.74 Å². The zero-order chi connectivity index (χ0) is 21.3. The smallest absolute Gasteiger partial charge is 0.338 e. The van der Waals surface area contributed by atoms with Crippen molar-refractivity contribution in [2.24, 2.45) is 5.14 Å². The third-order valence-corrected chi connectivity index (χ3v) is 6.30. The van der Waals surface area contributed by atoms with E-state index < -0.39 is 33.3 Å². The normalized spacial score (nSPS) is 11.4. The number of hydrogen-bond donors (Lipinski definition) is 1. The van der Waals surface area contributed by atoms with Crippen LogP contribution in [0.1, 0.15) is 32.1 Å². The number of aromatic nitrogens is 2. The molecule has 0 fully saturated rings. The molecule has 0 radical (unpaired) electrons. The molecule has 0 aliphatic heterocycles. The lowest BCUT2D eigenvalue weighted by Crippen LogP contribution is -2.17. The summed E-state index contributed by atoms with van der Waals surface area (Å²) in [6, 6.07) is 5.23. The van der Waals surface area contributed by atoms with Crippen molar-refractivity contribution in [2.75, 3.05) is 6.61 Å². The highest BCUT2D eigenvalue weighted by Gasteiger charge is 2.21. The first kappa shape index (κ1) is 21.2. The van der Waals surface area contributed by atoms with Crippen molar-refractivity contribution in [3.63, 3.8) is 0 Å². The molecule has 3 rings (SSSR count). The van der Waals surface area contributed by atoms with Crippen molar-refractivity contribution >= 4 is 44.7 Å². The first-order chi connectivity index (χ1) is 13.6. The molecule has 1 aromatic carbocycles. The number of esters is 1. The Labute approximate surface area is 175 Å². The highest BCUT2D eigenvalue weighted by Crippen LogP contribution is 2.24. The van der Waals surface area contributed by atoms with E-state index in [1.807, 2.05) is 16.9 Å². The Morgan fingerprint density at radius 1 is 1.28 bits per heavy atom. The minimum absolute atomic E-state index is 0.0838. The molecule has 152 valence electrons. The summed E-state index contributed by atoms with van der Waals surface area (Å²) >= 11 is 7.23. The number of Topliss-reactive ketones (excluding diaryl/α,β-unsaturated/α-hetero) is 1. The van der Waals surface area contributed by atoms with Crippen molar-refractivity contribution in [3.8, 4) is 5.13 Å². The summed E-state index contributed by atoms with van der Waals surface area (Å²) in [4.78, 5) is 28.7. The number of primary sulfonamides is 1. The van der Waals surface area contributed by atoms with E-state index in [1.165, 1.54) is 23.5 Å². The fraction of sp³-hybridized carbons (Fsp3) is 0.167. The molecule has 3 aromatic rings. The second-order valence-corrected chi connectivity index (χ2v) is 8.93. The SMILES string of the molecule is Cc1cc(C(=O)COC(=O)c2ccc(Cl)c(S(N)(=O)=O)c2)c(C)n1-c1nccs1. The Kier molecular flexibility index (Phi) is 5.90. The van der Waals surface area contributed by atoms with Crippen LogP contribution < -0.4 is 5.14 Å². The number of rotatable bonds is 6. The predicted octanol–water partition coefficient (Wildman–Crippen LogP) is 2.89. The number of nitrogens with two attached hydrogens (primary N) is 1. The molecule has 0 saturated heterocycles. The summed E-state index contributed by atoms with van der Waals surface area (Å²) < 4.78 is 30.0. The van der Waals surface area contributed by atoms with Crippen LogP contribution in [0.4, 0.5) is 0 Å². The van der Waals surface area contributed by atoms with Crippen LogP contribution in [-0.2, 0) is 14.8 Å². The van der Waals surface area contributed by atoms with Gasteiger partial charge in [-0.1, -0.05) is 11.6 Å². The molecule has 2 heterocycles. The van der Waals surface area contributed by atoms with E-state index in [1.54, 1.807) is 19.2 Å². The highest BCUT2D eigenvalue weighted by atomic mass is 35.5. The second kappa shape index (κ2) is 8.07. The minimum atomic E-state index is -4.11. The van der Waals surface area contributed by atoms with Crippen molar-refractivity contribution < 1.29 is 22.7 Å². The molecule has 0 saturated carbocycles. The lowest BCUT2D eigenvalue weighted by molar-refractivity contribution is 0.0474. The fourth-order valence-electron chi connectivity index (χ4n) is 2.81. The van der Waals surface area contributed by atoms with Crippen LogP contribution in [0, 0.1) is 13.8 Å². The van der Waals surface area contributed by atoms with Gasteiger partial charge in [0.15, 0.2) is 11.7 Å². The lowest BCUT2D eigenvalue weighted by atomic mass is 10.1. The Balaban J connectivity index is 1.77. The van der Waals surface area contributed by atoms with Crippen molar-refractivity contribution in [3.05, 3.63) is 63.4 Å². The van der Waals surface area contributed by atoms with Gasteiger partial charge in [0.2, 0.25) is 15.8 Å². The maximum atomic E-state index is 12.6. The predicted molar refractivity (Wildman–Crippen MR) is 108 cm³/mol. The van der Waals surface area contributed by atoms with Gasteiger partial charge in [-0.15, -0.1) is 11.3 Å². The number of hydrogen-bond acceptors (Lipinski definition) is 7. The summed E-state index contributed by atoms with van der Waals surface area (Å²) in [5.41, 5.74) is 1.83. The molecule has 2 aromatic heterocycles. The number of ether oxygens (including phenoxy) is 1. The Bertz CT molecular complexity index is 1200. The molecule has 0 atom stereocenters. The van der Waals surface area contributed by atoms with Gasteiger partial charge in [-0.25, -0.2) is 23.3 Å². The molecule has 8 nitrogen and oxygen atoms in total. The number of aryl methyl sites for hydroxylation is 1. The molecule has 0 bridgehead atoms. The van der Waals surface area contributed by atoms with E-state index in [-0.39, 0.29) is 10.6 Å². The first-order valence-electron chi connectivity index (χ1n) is 8.21. The van der Waals surface area contributed by atoms with Crippen LogP contribution in [0.3, 0.4) is 0 Å². The zero-order valence-corrected chi connectivity index (χ0v) is 17.8. The van der Waals surface area contributed by atoms with Crippen LogP contribution >= 0.6 is 22.9 Å². The second-order valence-electron chi connectivity index (χ2n) is 6.12. The van der Waals surface area contributed by atoms with Crippen LogP contribution in [0.2, 0.25) is 5.02 Å². The number of halogens is 1. The third kappa shape index (κ3) is 4.40. The zero-order valence-electron chi connectivity index (χ0n) is 15.4. The number of carbonyl (C=O) groups excluding carboxylic acids is 2. The van der Waals surface area contributed by atoms with Crippen molar-refractivity contribution in [1.29, 1.82) is 0 Å². The van der Waals surface area contributed by atoms with E-state index in [0.29, 0.717) is 11.3 Å². The number of benzene rings is 1. The Morgan fingerprint density at radius 3 is 2.62 bits per heavy atom. The summed E-state index contributed by atoms with van der Waals surface area (Å²) in [7, 11) is -4.11. The Morgan fingerprint density at radius 2 is 2.00 bits per heavy atom. The van der Waals surface area contributed by atoms with Gasteiger partial charge in [0.25, 0.3) is 0 Å². The Hall–Kier alpha value is -2.53. The van der Waals surface area contributed by atoms with E-state index in [9.17, 15) is 18.0 Å². The molecule has 0 aliphatic rings. The highest BCUT2D eigenvalue weighted by molar-refractivity contribution is 7.89. The average molecular weight is 454 g/mol. The summed E-state index contributed by atoms with van der Waals surface area (Å²) in [5, 5.41) is 7.52. The lowest BCUT2D eigenvalue weighted by Gasteiger charge is -2.08. The largest absolute Gasteiger partial charge is 0.454 e. The summed E-state index contributed by atoms with van der Waals surface area (Å²) in [5.74, 6) is -1.26. The average Bonchev–Trinajstić information content (AvgIpc) is 3.26. The van der Waals surface area contributed by atoms with Gasteiger partial charge in [-0.2, -0.15) is 0 Å². The molecule has 0 aliphatic carbocycles. The van der Waals surface area contributed by atoms with E-state index in [0.717, 1.165) is 16.9 Å². The maximum absolute atomic E-state index is 12.6. The molecule has 2 N–H and O–H groups in total. The molecule has 29 heavy (non-hydrogen) atoms. The van der Waals surface area contributed by atoms with Crippen LogP contribution in [0.5, 0.6) is 0 Å². The van der Waals surface area contributed by atoms with Gasteiger partial charge in [0, 0.05) is 28.5 Å². The van der Waals surface area contributed by atoms with Crippen molar-refractivity contribution in [2.45, 2.75) is 18.7 Å². The molecule has 0 spiro atoms. The molecule has 11 heteroatoms. The quantitative estimate of drug-likeness (QED) is 0.452. The van der Waals surface area contributed by atoms with Crippen LogP contribution in [0.15, 0.2) is 40.7 Å². The van der Waals surface area contributed by atoms with Gasteiger partial charge in [0.1, 0.15) is 4.90 Å². The van der Waals surface area contributed by atoms with Crippen LogP contribution in [0.25, 0.3) is 5.13 Å². The molecule has 0 amide bonds. The summed E-state index contributed by atoms with van der Waals surface area (Å²) in [6.45, 7) is 3.12. The van der Waals surface area contributed by atoms with E-state index in [2.05, 4.69) is 4.98 Å². The number of nitrogens with zero attached hydrogens (tertiary/aromatic N) is 2. The van der Waals surface area contributed by atoms with Crippen LogP contribution in [-0.4, -0.2) is 36.3 Å². The van der Waals surface area contributed by atoms with Gasteiger partial charge in [-0.05, 0) is 38.1 Å². The topological polar surface area (TPSA) is 121 Å². The van der Waals surface area contributed by atoms with Crippen molar-refractivity contribution in [1.82, 2.24) is 9.55 Å². The van der Waals surface area contributed by atoms with E-state index in [4.69, 9.17) is 21.5 Å². The van der Waals surface area contributed by atoms with Gasteiger partial charge in [-0.3, -0.25) is 9.36 Å². The fourth-order valence-corrected chi connectivity index (χ4v) is 4.63. The standard InChI is InChI=1S/C18H16ClN3O5S2/c1-10-7-13(11(2)22(10)18-21-5-6-28-18)15(23)9-27-17(24)12-3-4-14(19)16(8-12)29(20,25)26/h3-8H,9H2,1-2H3,(H2,20,25,26). The monoisotopic (exact) mass is 453 g/mol. The van der Waals surface area contributed by atoms with E-state index >= 15 is 0 Å². The number of sulfonamides is 1. The molecular weight excluding hydrogens is 438 g/mol. The molecule has 0 unspecified atom stereocenters. The maximum Gasteiger partial charge on any atom is 0.338 e. The number of thiazole rings is 1. The first-order valence-corrected chi connectivity index (χ1v) is 11.0. The van der Waals surface area contributed by atoms with Gasteiger partial charge >= 0.3 is 5.97 Å². The number of carbonyl (C=O) groups is 2. The summed E-state index contributed by atoms with van der Waals surface area (Å²) in [6.07, 6.45) is 1.67. The minimum Gasteiger partial charge on any atom is -0.454 e. The number of ketones is 1. The van der Waals surface area contributed by atoms with Gasteiger partial charge in [0.05, 0.1) is 10.6 Å².